The van der Waals surface area contributed by atoms with Crippen LogP contribution in [0.1, 0.15) is 0 Å². The molecule has 0 amide bonds. The molecule has 2 aromatic carbocycles. The topological polar surface area (TPSA) is 51.8 Å². The third-order valence-electron chi connectivity index (χ3n) is 3.27. The summed E-state index contributed by atoms with van der Waals surface area (Å²) in [5.41, 5.74) is 1.88. The van der Waals surface area contributed by atoms with E-state index < -0.39 is 0 Å². The van der Waals surface area contributed by atoms with Crippen molar-refractivity contribution in [1.29, 1.82) is 0 Å². The maximum Gasteiger partial charge on any atom is 0.142 e. The first-order valence-corrected chi connectivity index (χ1v) is 7.11. The van der Waals surface area contributed by atoms with Gasteiger partial charge in [-0.05, 0) is 24.3 Å². The van der Waals surface area contributed by atoms with E-state index in [1.54, 1.807) is 21.3 Å². The first-order valence-electron chi connectivity index (χ1n) is 7.11. The molecule has 5 nitrogen and oxygen atoms in total. The van der Waals surface area contributed by atoms with Gasteiger partial charge in [0, 0.05) is 19.2 Å². The van der Waals surface area contributed by atoms with Crippen molar-refractivity contribution in [3.63, 3.8) is 0 Å². The number of para-hydroxylation sites is 2. The van der Waals surface area contributed by atoms with Crippen molar-refractivity contribution in [2.24, 2.45) is 0 Å². The van der Waals surface area contributed by atoms with Crippen LogP contribution in [0.25, 0.3) is 0 Å². The molecule has 0 heterocycles. The second-order valence-corrected chi connectivity index (χ2v) is 4.62. The average Bonchev–Trinajstić information content (AvgIpc) is 2.58. The number of rotatable bonds is 8. The van der Waals surface area contributed by atoms with E-state index in [2.05, 4.69) is 10.6 Å². The normalized spacial score (nSPS) is 9.95. The Morgan fingerprint density at radius 2 is 1.36 bits per heavy atom. The Balaban J connectivity index is 1.91. The maximum atomic E-state index is 5.34. The van der Waals surface area contributed by atoms with Crippen molar-refractivity contribution >= 4 is 11.4 Å². The molecule has 0 bridgehead atoms. The minimum absolute atomic E-state index is 0.738. The molecular weight excluding hydrogens is 280 g/mol. The molecule has 5 heteroatoms. The Morgan fingerprint density at radius 3 is 2.05 bits per heavy atom. The van der Waals surface area contributed by atoms with E-state index in [0.29, 0.717) is 0 Å². The Kier molecular flexibility index (Phi) is 5.77. The molecule has 0 unspecified atom stereocenters. The molecule has 0 atom stereocenters. The molecule has 0 fully saturated rings. The summed E-state index contributed by atoms with van der Waals surface area (Å²) in [5.74, 6) is 2.42. The predicted octanol–water partition coefficient (Wildman–Crippen LogP) is 3.24. The second-order valence-electron chi connectivity index (χ2n) is 4.62. The van der Waals surface area contributed by atoms with E-state index >= 15 is 0 Å². The lowest BCUT2D eigenvalue weighted by atomic mass is 10.2. The highest BCUT2D eigenvalue weighted by Gasteiger charge is 2.05. The quantitative estimate of drug-likeness (QED) is 0.733. The van der Waals surface area contributed by atoms with Gasteiger partial charge < -0.3 is 24.8 Å². The number of nitrogens with one attached hydrogen (secondary N) is 2. The van der Waals surface area contributed by atoms with Gasteiger partial charge in [-0.2, -0.15) is 0 Å². The molecule has 22 heavy (non-hydrogen) atoms. The van der Waals surface area contributed by atoms with Crippen molar-refractivity contribution in [2.45, 2.75) is 0 Å². The predicted molar refractivity (Wildman–Crippen MR) is 89.5 cm³/mol. The lowest BCUT2D eigenvalue weighted by molar-refractivity contribution is 0.404. The lowest BCUT2D eigenvalue weighted by Crippen LogP contribution is -2.14. The Hall–Kier alpha value is -2.56. The molecule has 0 spiro atoms. The summed E-state index contributed by atoms with van der Waals surface area (Å²) in [7, 11) is 4.97. The van der Waals surface area contributed by atoms with Gasteiger partial charge in [0.1, 0.15) is 17.2 Å². The van der Waals surface area contributed by atoms with Crippen LogP contribution in [0, 0.1) is 0 Å². The van der Waals surface area contributed by atoms with E-state index in [4.69, 9.17) is 14.2 Å². The van der Waals surface area contributed by atoms with Gasteiger partial charge in [-0.25, -0.2) is 0 Å². The zero-order valence-electron chi connectivity index (χ0n) is 13.2. The molecule has 118 valence electrons. The van der Waals surface area contributed by atoms with E-state index in [0.717, 1.165) is 41.7 Å². The molecule has 0 aliphatic carbocycles. The SMILES string of the molecule is COc1ccc(OC)c(NCCNc2ccccc2OC)c1. The van der Waals surface area contributed by atoms with Crippen LogP contribution in [0.3, 0.4) is 0 Å². The van der Waals surface area contributed by atoms with Crippen molar-refractivity contribution in [1.82, 2.24) is 0 Å². The van der Waals surface area contributed by atoms with Crippen LogP contribution in [0.15, 0.2) is 42.5 Å². The minimum Gasteiger partial charge on any atom is -0.497 e. The van der Waals surface area contributed by atoms with E-state index in [9.17, 15) is 0 Å². The molecule has 2 N–H and O–H groups in total. The van der Waals surface area contributed by atoms with Crippen LogP contribution >= 0.6 is 0 Å². The van der Waals surface area contributed by atoms with Gasteiger partial charge in [-0.3, -0.25) is 0 Å². The van der Waals surface area contributed by atoms with Crippen LogP contribution in [-0.4, -0.2) is 34.4 Å². The number of ether oxygens (including phenoxy) is 3. The zero-order valence-corrected chi connectivity index (χ0v) is 13.2. The van der Waals surface area contributed by atoms with Gasteiger partial charge in [-0.1, -0.05) is 12.1 Å². The maximum absolute atomic E-state index is 5.34. The third kappa shape index (κ3) is 3.97. The highest BCUT2D eigenvalue weighted by molar-refractivity contribution is 5.60. The zero-order chi connectivity index (χ0) is 15.8. The van der Waals surface area contributed by atoms with Gasteiger partial charge in [0.25, 0.3) is 0 Å². The molecule has 2 rings (SSSR count). The van der Waals surface area contributed by atoms with Crippen LogP contribution in [0.2, 0.25) is 0 Å². The number of hydrogen-bond acceptors (Lipinski definition) is 5. The van der Waals surface area contributed by atoms with Crippen LogP contribution in [-0.2, 0) is 0 Å². The van der Waals surface area contributed by atoms with Gasteiger partial charge in [-0.15, -0.1) is 0 Å². The highest BCUT2D eigenvalue weighted by Crippen LogP contribution is 2.28. The summed E-state index contributed by atoms with van der Waals surface area (Å²) in [6, 6.07) is 13.5. The average molecular weight is 302 g/mol. The molecule has 0 radical (unpaired) electrons. The van der Waals surface area contributed by atoms with Gasteiger partial charge in [0.05, 0.1) is 32.7 Å². The van der Waals surface area contributed by atoms with Crippen LogP contribution < -0.4 is 24.8 Å². The van der Waals surface area contributed by atoms with Crippen molar-refractivity contribution in [2.75, 3.05) is 45.1 Å². The Labute approximate surface area is 131 Å². The van der Waals surface area contributed by atoms with Crippen molar-refractivity contribution in [3.05, 3.63) is 42.5 Å². The number of benzene rings is 2. The summed E-state index contributed by atoms with van der Waals surface area (Å²) in [6.07, 6.45) is 0. The smallest absolute Gasteiger partial charge is 0.142 e. The van der Waals surface area contributed by atoms with Gasteiger partial charge >= 0.3 is 0 Å². The van der Waals surface area contributed by atoms with E-state index in [-0.39, 0.29) is 0 Å². The number of anilines is 2. The van der Waals surface area contributed by atoms with Gasteiger partial charge in [0.15, 0.2) is 0 Å². The van der Waals surface area contributed by atoms with E-state index in [1.807, 2.05) is 42.5 Å². The Morgan fingerprint density at radius 1 is 0.727 bits per heavy atom. The molecular formula is C17H22N2O3. The molecule has 0 aliphatic heterocycles. The van der Waals surface area contributed by atoms with Crippen LogP contribution in [0.4, 0.5) is 11.4 Å². The van der Waals surface area contributed by atoms with E-state index in [1.165, 1.54) is 0 Å². The first kappa shape index (κ1) is 15.8. The fourth-order valence-electron chi connectivity index (χ4n) is 2.14. The van der Waals surface area contributed by atoms with Crippen LogP contribution in [0.5, 0.6) is 17.2 Å². The fraction of sp³-hybridized carbons (Fsp3) is 0.294. The Bertz CT molecular complexity index is 602. The largest absolute Gasteiger partial charge is 0.497 e. The minimum atomic E-state index is 0.738. The summed E-state index contributed by atoms with van der Waals surface area (Å²) in [4.78, 5) is 0. The lowest BCUT2D eigenvalue weighted by Gasteiger charge is -2.14. The van der Waals surface area contributed by atoms with Crippen molar-refractivity contribution < 1.29 is 14.2 Å². The molecule has 0 saturated carbocycles. The first-order chi connectivity index (χ1) is 10.8. The highest BCUT2D eigenvalue weighted by atomic mass is 16.5. The monoisotopic (exact) mass is 302 g/mol. The van der Waals surface area contributed by atoms with Gasteiger partial charge in [0.2, 0.25) is 0 Å². The fourth-order valence-corrected chi connectivity index (χ4v) is 2.14. The number of methoxy groups -OCH3 is 3. The second kappa shape index (κ2) is 8.02. The molecule has 0 saturated heterocycles. The summed E-state index contributed by atoms with van der Waals surface area (Å²) >= 11 is 0. The summed E-state index contributed by atoms with van der Waals surface area (Å²) in [6.45, 7) is 1.49. The molecule has 0 aromatic heterocycles. The van der Waals surface area contributed by atoms with Crippen molar-refractivity contribution in [3.8, 4) is 17.2 Å². The summed E-state index contributed by atoms with van der Waals surface area (Å²) < 4.78 is 15.9. The number of hydrogen-bond donors (Lipinski definition) is 2. The third-order valence-corrected chi connectivity index (χ3v) is 3.27. The molecule has 2 aromatic rings. The summed E-state index contributed by atoms with van der Waals surface area (Å²) in [5, 5.41) is 6.68. The molecule has 0 aliphatic rings. The standard InChI is InChI=1S/C17H22N2O3/c1-20-13-8-9-17(22-3)15(12-13)19-11-10-18-14-6-4-5-7-16(14)21-2/h4-9,12,18-19H,10-11H2,1-3H3.